The molecule has 0 radical (unpaired) electrons. The van der Waals surface area contributed by atoms with E-state index in [9.17, 15) is 4.79 Å². The Kier molecular flexibility index (Phi) is 5.39. The number of rotatable bonds is 5. The quantitative estimate of drug-likeness (QED) is 0.808. The fourth-order valence-electron chi connectivity index (χ4n) is 2.10. The molecular formula is C17H19BrN2O. The average molecular weight is 347 g/mol. The van der Waals surface area contributed by atoms with Gasteiger partial charge in [-0.2, -0.15) is 0 Å². The summed E-state index contributed by atoms with van der Waals surface area (Å²) in [6.45, 7) is 2.60. The van der Waals surface area contributed by atoms with E-state index in [0.29, 0.717) is 13.0 Å². The molecule has 110 valence electrons. The maximum Gasteiger partial charge on any atom is 0.220 e. The number of carbonyl (C=O) groups excluding carboxylic acids is 1. The van der Waals surface area contributed by atoms with Crippen molar-refractivity contribution < 1.29 is 4.79 Å². The summed E-state index contributed by atoms with van der Waals surface area (Å²) in [5.74, 6) is 0.234. The third-order valence-corrected chi connectivity index (χ3v) is 3.93. The minimum absolute atomic E-state index is 0.0576. The molecule has 0 bridgehead atoms. The Morgan fingerprint density at radius 2 is 1.76 bits per heavy atom. The maximum atomic E-state index is 12.0. The molecule has 0 aromatic heterocycles. The zero-order chi connectivity index (χ0) is 15.2. The standard InChI is InChI=1S/C17H19BrN2O/c1-12(14-4-8-16(19)9-5-14)10-17(21)20-11-13-2-6-15(18)7-3-13/h2-9,12H,10-11,19H2,1H3,(H,20,21). The van der Waals surface area contributed by atoms with E-state index in [1.54, 1.807) is 0 Å². The van der Waals surface area contributed by atoms with Crippen LogP contribution in [0.25, 0.3) is 0 Å². The summed E-state index contributed by atoms with van der Waals surface area (Å²) in [6, 6.07) is 15.6. The highest BCUT2D eigenvalue weighted by Gasteiger charge is 2.11. The minimum atomic E-state index is 0.0576. The number of hydrogen-bond donors (Lipinski definition) is 2. The highest BCUT2D eigenvalue weighted by atomic mass is 79.9. The Morgan fingerprint density at radius 3 is 2.38 bits per heavy atom. The molecular weight excluding hydrogens is 328 g/mol. The average Bonchev–Trinajstić information content (AvgIpc) is 2.47. The number of hydrogen-bond acceptors (Lipinski definition) is 2. The highest BCUT2D eigenvalue weighted by molar-refractivity contribution is 9.10. The summed E-state index contributed by atoms with van der Waals surface area (Å²) >= 11 is 3.39. The number of benzene rings is 2. The molecule has 0 saturated carbocycles. The number of nitrogen functional groups attached to an aromatic ring is 1. The maximum absolute atomic E-state index is 12.0. The van der Waals surface area contributed by atoms with Gasteiger partial charge in [-0.15, -0.1) is 0 Å². The lowest BCUT2D eigenvalue weighted by molar-refractivity contribution is -0.121. The third kappa shape index (κ3) is 4.90. The van der Waals surface area contributed by atoms with E-state index < -0.39 is 0 Å². The van der Waals surface area contributed by atoms with Crippen LogP contribution in [0.2, 0.25) is 0 Å². The SMILES string of the molecule is CC(CC(=O)NCc1ccc(Br)cc1)c1ccc(N)cc1. The van der Waals surface area contributed by atoms with Crippen molar-refractivity contribution in [2.45, 2.75) is 25.8 Å². The van der Waals surface area contributed by atoms with Crippen molar-refractivity contribution in [3.63, 3.8) is 0 Å². The number of amides is 1. The zero-order valence-corrected chi connectivity index (χ0v) is 13.6. The van der Waals surface area contributed by atoms with Crippen molar-refractivity contribution >= 4 is 27.5 Å². The van der Waals surface area contributed by atoms with Gasteiger partial charge in [-0.25, -0.2) is 0 Å². The van der Waals surface area contributed by atoms with Gasteiger partial charge < -0.3 is 11.1 Å². The van der Waals surface area contributed by atoms with Crippen LogP contribution < -0.4 is 11.1 Å². The lowest BCUT2D eigenvalue weighted by atomic mass is 9.97. The normalized spacial score (nSPS) is 11.9. The van der Waals surface area contributed by atoms with Gasteiger partial charge in [0, 0.05) is 23.1 Å². The van der Waals surface area contributed by atoms with Gasteiger partial charge in [-0.05, 0) is 41.3 Å². The molecule has 0 aliphatic carbocycles. The summed E-state index contributed by atoms with van der Waals surface area (Å²) < 4.78 is 1.04. The van der Waals surface area contributed by atoms with Crippen LogP contribution in [0.4, 0.5) is 5.69 Å². The van der Waals surface area contributed by atoms with E-state index in [-0.39, 0.29) is 11.8 Å². The van der Waals surface area contributed by atoms with Crippen LogP contribution in [-0.2, 0) is 11.3 Å². The first-order valence-corrected chi connectivity index (χ1v) is 7.70. The van der Waals surface area contributed by atoms with E-state index in [4.69, 9.17) is 5.73 Å². The smallest absolute Gasteiger partial charge is 0.220 e. The van der Waals surface area contributed by atoms with Gasteiger partial charge in [-0.3, -0.25) is 4.79 Å². The fourth-order valence-corrected chi connectivity index (χ4v) is 2.36. The molecule has 2 rings (SSSR count). The second-order valence-corrected chi connectivity index (χ2v) is 6.09. The van der Waals surface area contributed by atoms with E-state index >= 15 is 0 Å². The van der Waals surface area contributed by atoms with Crippen LogP contribution in [0, 0.1) is 0 Å². The number of carbonyl (C=O) groups is 1. The van der Waals surface area contributed by atoms with E-state index in [0.717, 1.165) is 21.3 Å². The topological polar surface area (TPSA) is 55.1 Å². The van der Waals surface area contributed by atoms with Crippen molar-refractivity contribution in [2.24, 2.45) is 0 Å². The van der Waals surface area contributed by atoms with Gasteiger partial charge in [0.2, 0.25) is 5.91 Å². The van der Waals surface area contributed by atoms with Gasteiger partial charge in [-0.1, -0.05) is 47.1 Å². The predicted octanol–water partition coefficient (Wildman–Crippen LogP) is 3.84. The first-order chi connectivity index (χ1) is 10.0. The van der Waals surface area contributed by atoms with Crippen LogP contribution in [-0.4, -0.2) is 5.91 Å². The van der Waals surface area contributed by atoms with E-state index in [1.807, 2.05) is 55.5 Å². The Hall–Kier alpha value is -1.81. The lowest BCUT2D eigenvalue weighted by Crippen LogP contribution is -2.24. The second kappa shape index (κ2) is 7.27. The van der Waals surface area contributed by atoms with E-state index in [2.05, 4.69) is 21.2 Å². The Bertz CT molecular complexity index is 593. The first-order valence-electron chi connectivity index (χ1n) is 6.91. The molecule has 0 aliphatic rings. The molecule has 21 heavy (non-hydrogen) atoms. The minimum Gasteiger partial charge on any atom is -0.399 e. The Balaban J connectivity index is 1.83. The van der Waals surface area contributed by atoms with E-state index in [1.165, 1.54) is 0 Å². The summed E-state index contributed by atoms with van der Waals surface area (Å²) in [7, 11) is 0. The van der Waals surface area contributed by atoms with Crippen molar-refractivity contribution in [3.05, 3.63) is 64.1 Å². The third-order valence-electron chi connectivity index (χ3n) is 3.40. The molecule has 1 atom stereocenters. The molecule has 0 aliphatic heterocycles. The molecule has 2 aromatic rings. The van der Waals surface area contributed by atoms with Crippen molar-refractivity contribution in [2.75, 3.05) is 5.73 Å². The van der Waals surface area contributed by atoms with Gasteiger partial charge in [0.15, 0.2) is 0 Å². The molecule has 0 spiro atoms. The monoisotopic (exact) mass is 346 g/mol. The second-order valence-electron chi connectivity index (χ2n) is 5.18. The largest absolute Gasteiger partial charge is 0.399 e. The van der Waals surface area contributed by atoms with Gasteiger partial charge in [0.05, 0.1) is 0 Å². The predicted molar refractivity (Wildman–Crippen MR) is 89.9 cm³/mol. The first kappa shape index (κ1) is 15.6. The van der Waals surface area contributed by atoms with Crippen LogP contribution in [0.3, 0.4) is 0 Å². The summed E-state index contributed by atoms with van der Waals surface area (Å²) in [5, 5.41) is 2.95. The molecule has 1 amide bonds. The summed E-state index contributed by atoms with van der Waals surface area (Å²) in [6.07, 6.45) is 0.473. The molecule has 1 unspecified atom stereocenters. The summed E-state index contributed by atoms with van der Waals surface area (Å²) in [5.41, 5.74) is 8.63. The number of anilines is 1. The Labute approximate surface area is 133 Å². The van der Waals surface area contributed by atoms with Crippen molar-refractivity contribution in [1.29, 1.82) is 0 Å². The lowest BCUT2D eigenvalue weighted by Gasteiger charge is -2.12. The van der Waals surface area contributed by atoms with Crippen LogP contribution in [0.5, 0.6) is 0 Å². The van der Waals surface area contributed by atoms with Gasteiger partial charge >= 0.3 is 0 Å². The van der Waals surface area contributed by atoms with Crippen molar-refractivity contribution in [3.8, 4) is 0 Å². The number of nitrogens with two attached hydrogens (primary N) is 1. The van der Waals surface area contributed by atoms with Crippen LogP contribution in [0.1, 0.15) is 30.4 Å². The summed E-state index contributed by atoms with van der Waals surface area (Å²) in [4.78, 5) is 12.0. The molecule has 3 N–H and O–H groups in total. The molecule has 3 nitrogen and oxygen atoms in total. The molecule has 0 saturated heterocycles. The highest BCUT2D eigenvalue weighted by Crippen LogP contribution is 2.20. The Morgan fingerprint density at radius 1 is 1.14 bits per heavy atom. The van der Waals surface area contributed by atoms with Gasteiger partial charge in [0.25, 0.3) is 0 Å². The molecule has 4 heteroatoms. The van der Waals surface area contributed by atoms with Crippen LogP contribution >= 0.6 is 15.9 Å². The fraction of sp³-hybridized carbons (Fsp3) is 0.235. The molecule has 0 heterocycles. The van der Waals surface area contributed by atoms with Gasteiger partial charge in [0.1, 0.15) is 0 Å². The molecule has 0 fully saturated rings. The zero-order valence-electron chi connectivity index (χ0n) is 12.0. The number of nitrogens with one attached hydrogen (secondary N) is 1. The number of halogens is 1. The molecule has 2 aromatic carbocycles. The van der Waals surface area contributed by atoms with Crippen molar-refractivity contribution in [1.82, 2.24) is 5.32 Å². The van der Waals surface area contributed by atoms with Crippen LogP contribution in [0.15, 0.2) is 53.0 Å².